The van der Waals surface area contributed by atoms with Gasteiger partial charge < -0.3 is 14.4 Å². The molecule has 2 saturated heterocycles. The summed E-state index contributed by atoms with van der Waals surface area (Å²) in [6.45, 7) is 4.31. The van der Waals surface area contributed by atoms with Gasteiger partial charge in [-0.05, 0) is 74.0 Å². The summed E-state index contributed by atoms with van der Waals surface area (Å²) >= 11 is 6.14. The van der Waals surface area contributed by atoms with Crippen molar-refractivity contribution in [2.45, 2.75) is 56.4 Å². The number of halogens is 2. The predicted octanol–water partition coefficient (Wildman–Crippen LogP) is 5.67. The number of benzene rings is 1. The molecule has 3 fully saturated rings. The second kappa shape index (κ2) is 10.9. The molecular formula is C30H36ClFN4O2. The van der Waals surface area contributed by atoms with Gasteiger partial charge in [-0.2, -0.15) is 0 Å². The lowest BCUT2D eigenvalue weighted by Gasteiger charge is -2.35. The van der Waals surface area contributed by atoms with E-state index >= 15 is 0 Å². The molecule has 0 bridgehead atoms. The monoisotopic (exact) mass is 538 g/mol. The molecule has 2 aliphatic heterocycles. The first-order valence-corrected chi connectivity index (χ1v) is 14.4. The molecule has 3 atom stereocenters. The number of aromatic nitrogens is 2. The van der Waals surface area contributed by atoms with Crippen LogP contribution in [0.4, 0.5) is 4.39 Å². The van der Waals surface area contributed by atoms with Crippen LogP contribution < -0.4 is 0 Å². The number of nitrogens with zero attached hydrogens (tertiary/aromatic N) is 4. The molecule has 0 amide bonds. The van der Waals surface area contributed by atoms with Gasteiger partial charge in [-0.15, -0.1) is 0 Å². The highest BCUT2D eigenvalue weighted by Crippen LogP contribution is 2.39. The van der Waals surface area contributed by atoms with Gasteiger partial charge in [0.05, 0.1) is 0 Å². The molecule has 3 aromatic rings. The lowest BCUT2D eigenvalue weighted by molar-refractivity contribution is -0.144. The van der Waals surface area contributed by atoms with Gasteiger partial charge in [0.15, 0.2) is 0 Å². The zero-order chi connectivity index (χ0) is 26.2. The lowest BCUT2D eigenvalue weighted by atomic mass is 9.80. The number of carboxylic acid groups (broad SMARTS) is 1. The highest BCUT2D eigenvalue weighted by molar-refractivity contribution is 6.30. The van der Waals surface area contributed by atoms with Crippen LogP contribution in [0.1, 0.15) is 61.6 Å². The average molecular weight is 539 g/mol. The van der Waals surface area contributed by atoms with Crippen LogP contribution in [0.5, 0.6) is 0 Å². The third kappa shape index (κ3) is 5.33. The number of pyridine rings is 1. The number of carbonyl (C=O) groups is 1. The van der Waals surface area contributed by atoms with Gasteiger partial charge in [0.1, 0.15) is 17.5 Å². The first-order chi connectivity index (χ1) is 18.4. The number of aliphatic carboxylic acids is 1. The van der Waals surface area contributed by atoms with Crippen molar-refractivity contribution in [3.8, 4) is 0 Å². The molecule has 0 spiro atoms. The number of likely N-dealkylation sites (tertiary alicyclic amines) is 2. The molecule has 4 heterocycles. The average Bonchev–Trinajstić information content (AvgIpc) is 3.47. The fourth-order valence-corrected chi connectivity index (χ4v) is 7.08. The molecule has 1 N–H and O–H groups in total. The standard InChI is InChI=1S/C30H36ClFN4O2/c31-24-9-12-36-28(16-33-29(36)15-24)21-7-10-34(11-8-21)17-23-18-35(27(30(37)38)13-20-3-1-4-20)19-26(23)22-5-2-6-25(32)14-22/h2,5-6,9,12,14-16,20-21,23,26-27H,1,3-4,7-8,10-11,13,17-19H2,(H,37,38)/t23-,26+,27+/m0/s1. The Morgan fingerprint density at radius 3 is 2.66 bits per heavy atom. The van der Waals surface area contributed by atoms with Crippen LogP contribution in [0.15, 0.2) is 48.8 Å². The van der Waals surface area contributed by atoms with Crippen LogP contribution in [0, 0.1) is 17.7 Å². The fraction of sp³-hybridized carbons (Fsp3) is 0.533. The smallest absolute Gasteiger partial charge is 0.320 e. The maximum absolute atomic E-state index is 14.2. The van der Waals surface area contributed by atoms with E-state index in [1.807, 2.05) is 30.6 Å². The van der Waals surface area contributed by atoms with Crippen molar-refractivity contribution < 1.29 is 14.3 Å². The third-order valence-electron chi connectivity index (χ3n) is 9.26. The number of piperidine rings is 1. The maximum Gasteiger partial charge on any atom is 0.320 e. The molecule has 1 saturated carbocycles. The summed E-state index contributed by atoms with van der Waals surface area (Å²) in [5.41, 5.74) is 3.11. The lowest BCUT2D eigenvalue weighted by Crippen LogP contribution is -2.43. The van der Waals surface area contributed by atoms with Crippen molar-refractivity contribution in [2.75, 3.05) is 32.7 Å². The Morgan fingerprint density at radius 1 is 1.13 bits per heavy atom. The number of hydrogen-bond donors (Lipinski definition) is 1. The van der Waals surface area contributed by atoms with E-state index in [1.165, 1.54) is 18.2 Å². The van der Waals surface area contributed by atoms with Crippen LogP contribution in [0.2, 0.25) is 5.02 Å². The molecule has 1 aliphatic carbocycles. The van der Waals surface area contributed by atoms with Crippen LogP contribution in [0.3, 0.4) is 0 Å². The fourth-order valence-electron chi connectivity index (χ4n) is 6.93. The number of hydrogen-bond acceptors (Lipinski definition) is 4. The zero-order valence-corrected chi connectivity index (χ0v) is 22.4. The topological polar surface area (TPSA) is 61.1 Å². The minimum atomic E-state index is -0.717. The van der Waals surface area contributed by atoms with Crippen molar-refractivity contribution in [2.24, 2.45) is 11.8 Å². The Kier molecular flexibility index (Phi) is 7.43. The number of imidazole rings is 1. The van der Waals surface area contributed by atoms with Gasteiger partial charge in [0, 0.05) is 54.6 Å². The number of rotatable bonds is 8. The largest absolute Gasteiger partial charge is 0.480 e. The summed E-state index contributed by atoms with van der Waals surface area (Å²) < 4.78 is 16.3. The third-order valence-corrected chi connectivity index (χ3v) is 9.49. The summed E-state index contributed by atoms with van der Waals surface area (Å²) in [4.78, 5) is 21.6. The van der Waals surface area contributed by atoms with E-state index in [0.717, 1.165) is 69.5 Å². The van der Waals surface area contributed by atoms with Crippen molar-refractivity contribution in [1.29, 1.82) is 0 Å². The van der Waals surface area contributed by atoms with E-state index in [1.54, 1.807) is 12.1 Å². The van der Waals surface area contributed by atoms with E-state index in [-0.39, 0.29) is 17.7 Å². The second-order valence-corrected chi connectivity index (χ2v) is 12.0. The Bertz CT molecular complexity index is 1290. The van der Waals surface area contributed by atoms with Crippen LogP contribution in [-0.2, 0) is 4.79 Å². The summed E-state index contributed by atoms with van der Waals surface area (Å²) in [5, 5.41) is 10.8. The minimum absolute atomic E-state index is 0.134. The van der Waals surface area contributed by atoms with Crippen LogP contribution >= 0.6 is 11.6 Å². The Hall–Kier alpha value is -2.48. The molecule has 0 radical (unpaired) electrons. The van der Waals surface area contributed by atoms with Gasteiger partial charge in [-0.1, -0.05) is 43.0 Å². The second-order valence-electron chi connectivity index (χ2n) is 11.6. The van der Waals surface area contributed by atoms with E-state index in [4.69, 9.17) is 11.6 Å². The van der Waals surface area contributed by atoms with E-state index in [9.17, 15) is 14.3 Å². The highest BCUT2D eigenvalue weighted by Gasteiger charge is 2.41. The van der Waals surface area contributed by atoms with Crippen molar-refractivity contribution in [1.82, 2.24) is 19.2 Å². The molecule has 202 valence electrons. The van der Waals surface area contributed by atoms with Crippen molar-refractivity contribution >= 4 is 23.2 Å². The molecule has 0 unspecified atom stereocenters. The zero-order valence-electron chi connectivity index (χ0n) is 21.7. The van der Waals surface area contributed by atoms with Gasteiger partial charge in [-0.25, -0.2) is 9.37 Å². The van der Waals surface area contributed by atoms with Crippen LogP contribution in [-0.4, -0.2) is 69.0 Å². The van der Waals surface area contributed by atoms with Gasteiger partial charge in [0.2, 0.25) is 0 Å². The van der Waals surface area contributed by atoms with E-state index in [0.29, 0.717) is 23.4 Å². The van der Waals surface area contributed by atoms with E-state index < -0.39 is 12.0 Å². The van der Waals surface area contributed by atoms with Crippen molar-refractivity contribution in [3.05, 3.63) is 70.9 Å². The van der Waals surface area contributed by atoms with Gasteiger partial charge in [0.25, 0.3) is 0 Å². The Labute approximate surface area is 228 Å². The molecule has 38 heavy (non-hydrogen) atoms. The summed E-state index contributed by atoms with van der Waals surface area (Å²) in [5.74, 6) is 0.437. The molecule has 2 aromatic heterocycles. The summed E-state index contributed by atoms with van der Waals surface area (Å²) in [6.07, 6.45) is 10.3. The Morgan fingerprint density at radius 2 is 1.95 bits per heavy atom. The maximum atomic E-state index is 14.2. The number of fused-ring (bicyclic) bond motifs is 1. The molecule has 8 heteroatoms. The van der Waals surface area contributed by atoms with E-state index in [2.05, 4.69) is 19.2 Å². The Balaban J connectivity index is 1.15. The summed E-state index contributed by atoms with van der Waals surface area (Å²) in [6, 6.07) is 10.3. The van der Waals surface area contributed by atoms with Crippen LogP contribution in [0.25, 0.3) is 5.65 Å². The first-order valence-electron chi connectivity index (χ1n) is 14.0. The predicted molar refractivity (Wildman–Crippen MR) is 146 cm³/mol. The molecular weight excluding hydrogens is 503 g/mol. The molecule has 1 aromatic carbocycles. The van der Waals surface area contributed by atoms with Crippen molar-refractivity contribution in [3.63, 3.8) is 0 Å². The van der Waals surface area contributed by atoms with Gasteiger partial charge >= 0.3 is 5.97 Å². The quantitative estimate of drug-likeness (QED) is 0.401. The highest BCUT2D eigenvalue weighted by atomic mass is 35.5. The van der Waals surface area contributed by atoms with Gasteiger partial charge in [-0.3, -0.25) is 9.69 Å². The number of carboxylic acids is 1. The first kappa shape index (κ1) is 25.8. The molecule has 3 aliphatic rings. The molecule has 6 rings (SSSR count). The minimum Gasteiger partial charge on any atom is -0.480 e. The SMILES string of the molecule is O=C(O)[C@@H](CC1CCC1)N1C[C@H](CN2CCC(c3cnc4cc(Cl)ccn34)CC2)[C@@H](c2cccc(F)c2)C1. The summed E-state index contributed by atoms with van der Waals surface area (Å²) in [7, 11) is 0. The normalized spacial score (nSPS) is 24.6. The molecule has 6 nitrogen and oxygen atoms in total.